The number of hydrogen-bond donors (Lipinski definition) is 2. The van der Waals surface area contributed by atoms with Crippen molar-refractivity contribution < 1.29 is 0 Å². The van der Waals surface area contributed by atoms with E-state index in [9.17, 15) is 0 Å². The second-order valence-corrected chi connectivity index (χ2v) is 9.21. The van der Waals surface area contributed by atoms with Gasteiger partial charge in [0, 0.05) is 43.1 Å². The van der Waals surface area contributed by atoms with E-state index in [0.717, 1.165) is 61.4 Å². The summed E-state index contributed by atoms with van der Waals surface area (Å²) in [6, 6.07) is 0.994. The number of fused-ring (bicyclic) bond motifs is 1. The quantitative estimate of drug-likeness (QED) is 0.679. The molecule has 1 aliphatic carbocycles. The molecule has 0 bridgehead atoms. The first-order valence-electron chi connectivity index (χ1n) is 12.0. The van der Waals surface area contributed by atoms with E-state index in [-0.39, 0.29) is 0 Å². The monoisotopic (exact) mass is 410 g/mol. The average molecular weight is 411 g/mol. The first kappa shape index (κ1) is 21.3. The smallest absolute Gasteiger partial charge is 0.223 e. The molecule has 6 nitrogen and oxygen atoms in total. The van der Waals surface area contributed by atoms with Gasteiger partial charge in [-0.25, -0.2) is 15.0 Å². The summed E-state index contributed by atoms with van der Waals surface area (Å²) in [7, 11) is 2.06. The zero-order valence-corrected chi connectivity index (χ0v) is 19.0. The van der Waals surface area contributed by atoms with Gasteiger partial charge < -0.3 is 15.5 Å². The summed E-state index contributed by atoms with van der Waals surface area (Å²) >= 11 is 0. The molecule has 0 radical (unpaired) electrons. The molecule has 0 amide bonds. The molecule has 1 saturated carbocycles. The van der Waals surface area contributed by atoms with E-state index in [0.29, 0.717) is 18.0 Å². The maximum atomic E-state index is 5.06. The molecule has 2 fully saturated rings. The maximum absolute atomic E-state index is 5.06. The lowest BCUT2D eigenvalue weighted by Gasteiger charge is -2.33. The van der Waals surface area contributed by atoms with Crippen LogP contribution in [0.15, 0.2) is 12.4 Å². The number of rotatable bonds is 7. The molecule has 4 rings (SSSR count). The van der Waals surface area contributed by atoms with Gasteiger partial charge in [0.2, 0.25) is 5.95 Å². The first-order valence-corrected chi connectivity index (χ1v) is 12.0. The molecule has 0 spiro atoms. The van der Waals surface area contributed by atoms with Crippen molar-refractivity contribution in [3.8, 4) is 0 Å². The van der Waals surface area contributed by atoms with Gasteiger partial charge in [0.05, 0.1) is 10.9 Å². The van der Waals surface area contributed by atoms with Crippen LogP contribution in [0.3, 0.4) is 0 Å². The predicted molar refractivity (Wildman–Crippen MR) is 125 cm³/mol. The van der Waals surface area contributed by atoms with Gasteiger partial charge in [-0.3, -0.25) is 0 Å². The third-order valence-electron chi connectivity index (χ3n) is 6.97. The third kappa shape index (κ3) is 4.69. The van der Waals surface area contributed by atoms with Gasteiger partial charge in [-0.2, -0.15) is 0 Å². The largest absolute Gasteiger partial charge is 0.356 e. The molecule has 1 saturated heterocycles. The van der Waals surface area contributed by atoms with Gasteiger partial charge >= 0.3 is 0 Å². The average Bonchev–Trinajstić information content (AvgIpc) is 2.79. The molecule has 3 heterocycles. The normalized spacial score (nSPS) is 19.9. The van der Waals surface area contributed by atoms with Gasteiger partial charge in [0.25, 0.3) is 0 Å². The Morgan fingerprint density at radius 1 is 1.07 bits per heavy atom. The van der Waals surface area contributed by atoms with Gasteiger partial charge in [-0.15, -0.1) is 0 Å². The van der Waals surface area contributed by atoms with Crippen molar-refractivity contribution in [3.63, 3.8) is 0 Å². The molecule has 2 N–H and O–H groups in total. The fourth-order valence-electron chi connectivity index (χ4n) is 5.17. The molecule has 2 aromatic rings. The highest BCUT2D eigenvalue weighted by atomic mass is 15.2. The third-order valence-corrected chi connectivity index (χ3v) is 6.97. The first-order chi connectivity index (χ1) is 14.7. The van der Waals surface area contributed by atoms with Crippen molar-refractivity contribution in [2.24, 2.45) is 0 Å². The van der Waals surface area contributed by atoms with Crippen LogP contribution < -0.4 is 15.5 Å². The fourth-order valence-corrected chi connectivity index (χ4v) is 5.17. The van der Waals surface area contributed by atoms with E-state index in [1.807, 2.05) is 6.20 Å². The summed E-state index contributed by atoms with van der Waals surface area (Å²) in [5, 5.41) is 8.05. The van der Waals surface area contributed by atoms with Crippen LogP contribution in [0.1, 0.15) is 83.1 Å². The summed E-state index contributed by atoms with van der Waals surface area (Å²) in [5.41, 5.74) is 2.44. The molecule has 2 aromatic heterocycles. The van der Waals surface area contributed by atoms with E-state index in [2.05, 4.69) is 42.6 Å². The number of pyridine rings is 1. The summed E-state index contributed by atoms with van der Waals surface area (Å²) in [5.74, 6) is 2.40. The molecule has 2 aliphatic rings. The van der Waals surface area contributed by atoms with Gasteiger partial charge in [-0.05, 0) is 52.0 Å². The van der Waals surface area contributed by atoms with Crippen LogP contribution in [0.25, 0.3) is 10.9 Å². The maximum Gasteiger partial charge on any atom is 0.223 e. The standard InChI is InChI=1S/C24H38N6/c1-4-8-17(2)28-24-27-16-21-22(29-24)20(18-9-6-5-7-10-18)15-26-23(21)30-13-11-19(25-3)12-14-30/h15-19,25H,4-14H2,1-3H3,(H,27,28,29). The Labute approximate surface area is 181 Å². The zero-order valence-electron chi connectivity index (χ0n) is 19.0. The SMILES string of the molecule is CCCC(C)Nc1ncc2c(N3CCC(NC)CC3)ncc(C3CCCCC3)c2n1. The Kier molecular flexibility index (Phi) is 7.03. The van der Waals surface area contributed by atoms with E-state index in [4.69, 9.17) is 15.0 Å². The van der Waals surface area contributed by atoms with Crippen LogP contribution in [0, 0.1) is 0 Å². The van der Waals surface area contributed by atoms with Crippen molar-refractivity contribution in [2.45, 2.75) is 89.6 Å². The Morgan fingerprint density at radius 2 is 1.83 bits per heavy atom. The predicted octanol–water partition coefficient (Wildman–Crippen LogP) is 4.86. The van der Waals surface area contributed by atoms with Gasteiger partial charge in [-0.1, -0.05) is 32.6 Å². The lowest BCUT2D eigenvalue weighted by molar-refractivity contribution is 0.439. The summed E-state index contributed by atoms with van der Waals surface area (Å²) in [6.07, 6.45) is 15.2. The Morgan fingerprint density at radius 3 is 2.53 bits per heavy atom. The molecule has 1 unspecified atom stereocenters. The molecular weight excluding hydrogens is 372 g/mol. The number of nitrogens with one attached hydrogen (secondary N) is 2. The van der Waals surface area contributed by atoms with Crippen molar-refractivity contribution in [2.75, 3.05) is 30.4 Å². The fraction of sp³-hybridized carbons (Fsp3) is 0.708. The molecule has 6 heteroatoms. The van der Waals surface area contributed by atoms with Crippen LogP contribution in [-0.4, -0.2) is 47.2 Å². The molecule has 0 aromatic carbocycles. The summed E-state index contributed by atoms with van der Waals surface area (Å²) < 4.78 is 0. The van der Waals surface area contributed by atoms with Crippen molar-refractivity contribution >= 4 is 22.7 Å². The molecular formula is C24H38N6. The number of aromatic nitrogens is 3. The highest BCUT2D eigenvalue weighted by Gasteiger charge is 2.25. The van der Waals surface area contributed by atoms with E-state index in [1.165, 1.54) is 37.7 Å². The Balaban J connectivity index is 1.69. The van der Waals surface area contributed by atoms with E-state index >= 15 is 0 Å². The minimum atomic E-state index is 0.382. The van der Waals surface area contributed by atoms with Crippen LogP contribution in [0.4, 0.5) is 11.8 Å². The van der Waals surface area contributed by atoms with Crippen LogP contribution in [0.2, 0.25) is 0 Å². The van der Waals surface area contributed by atoms with Crippen LogP contribution >= 0.6 is 0 Å². The van der Waals surface area contributed by atoms with E-state index in [1.54, 1.807) is 0 Å². The van der Waals surface area contributed by atoms with Gasteiger partial charge in [0.1, 0.15) is 5.82 Å². The van der Waals surface area contributed by atoms with E-state index < -0.39 is 0 Å². The highest BCUT2D eigenvalue weighted by molar-refractivity contribution is 5.92. The molecule has 1 aliphatic heterocycles. The summed E-state index contributed by atoms with van der Waals surface area (Å²) in [4.78, 5) is 17.2. The number of anilines is 2. The number of piperidine rings is 1. The number of nitrogens with zero attached hydrogens (tertiary/aromatic N) is 4. The van der Waals surface area contributed by atoms with Crippen LogP contribution in [-0.2, 0) is 0 Å². The van der Waals surface area contributed by atoms with Crippen molar-refractivity contribution in [1.82, 2.24) is 20.3 Å². The van der Waals surface area contributed by atoms with Crippen molar-refractivity contribution in [1.29, 1.82) is 0 Å². The molecule has 1 atom stereocenters. The molecule has 164 valence electrons. The topological polar surface area (TPSA) is 66.0 Å². The summed E-state index contributed by atoms with van der Waals surface area (Å²) in [6.45, 7) is 6.49. The second kappa shape index (κ2) is 9.90. The zero-order chi connectivity index (χ0) is 20.9. The minimum absolute atomic E-state index is 0.382. The minimum Gasteiger partial charge on any atom is -0.356 e. The lowest BCUT2D eigenvalue weighted by atomic mass is 9.84. The number of hydrogen-bond acceptors (Lipinski definition) is 6. The van der Waals surface area contributed by atoms with Crippen molar-refractivity contribution in [3.05, 3.63) is 18.0 Å². The second-order valence-electron chi connectivity index (χ2n) is 9.21. The van der Waals surface area contributed by atoms with Crippen LogP contribution in [0.5, 0.6) is 0 Å². The Bertz CT molecular complexity index is 824. The highest BCUT2D eigenvalue weighted by Crippen LogP contribution is 2.38. The van der Waals surface area contributed by atoms with Gasteiger partial charge in [0.15, 0.2) is 0 Å². The molecule has 30 heavy (non-hydrogen) atoms. The Hall–Kier alpha value is -1.95. The lowest BCUT2D eigenvalue weighted by Crippen LogP contribution is -2.41.